The molecule has 9 heteroatoms. The van der Waals surface area contributed by atoms with Gasteiger partial charge in [0.05, 0.1) is 11.9 Å². The average Bonchev–Trinajstić information content (AvgIpc) is 3.32. The number of rotatable bonds is 10. The molecular weight excluding hydrogens is 486 g/mol. The molecule has 0 saturated heterocycles. The van der Waals surface area contributed by atoms with Crippen molar-refractivity contribution >= 4 is 39.1 Å². The minimum Gasteiger partial charge on any atom is -0.352 e. The van der Waals surface area contributed by atoms with E-state index >= 15 is 0 Å². The zero-order valence-corrected chi connectivity index (χ0v) is 22.1. The van der Waals surface area contributed by atoms with E-state index in [0.717, 1.165) is 47.4 Å². The van der Waals surface area contributed by atoms with Crippen molar-refractivity contribution in [1.82, 2.24) is 10.2 Å². The SMILES string of the molecule is CC[C@H](C(=O)NC1CCCC1)N(Cc1ccccc1)C(=O)CN(c1ccc(C)c(Cl)c1)S(C)(=O)=O. The average molecular weight is 520 g/mol. The molecule has 2 amide bonds. The molecule has 0 unspecified atom stereocenters. The van der Waals surface area contributed by atoms with E-state index in [-0.39, 0.29) is 18.5 Å². The monoisotopic (exact) mass is 519 g/mol. The fourth-order valence-electron chi connectivity index (χ4n) is 4.42. The summed E-state index contributed by atoms with van der Waals surface area (Å²) in [4.78, 5) is 28.4. The van der Waals surface area contributed by atoms with Crippen LogP contribution in [-0.2, 0) is 26.2 Å². The van der Waals surface area contributed by atoms with Crippen LogP contribution in [0.3, 0.4) is 0 Å². The summed E-state index contributed by atoms with van der Waals surface area (Å²) in [7, 11) is -3.79. The van der Waals surface area contributed by atoms with Crippen LogP contribution in [0.15, 0.2) is 48.5 Å². The van der Waals surface area contributed by atoms with Crippen molar-refractivity contribution in [2.24, 2.45) is 0 Å². The highest BCUT2D eigenvalue weighted by Crippen LogP contribution is 2.26. The zero-order valence-electron chi connectivity index (χ0n) is 20.5. The van der Waals surface area contributed by atoms with Crippen molar-refractivity contribution in [3.05, 3.63) is 64.7 Å². The number of benzene rings is 2. The van der Waals surface area contributed by atoms with Gasteiger partial charge in [0.2, 0.25) is 21.8 Å². The first-order valence-corrected chi connectivity index (χ1v) is 14.2. The molecule has 0 aromatic heterocycles. The van der Waals surface area contributed by atoms with Crippen LogP contribution in [0.4, 0.5) is 5.69 Å². The Morgan fingerprint density at radius 2 is 1.77 bits per heavy atom. The van der Waals surface area contributed by atoms with Gasteiger partial charge >= 0.3 is 0 Å². The third kappa shape index (κ3) is 7.21. The highest BCUT2D eigenvalue weighted by Gasteiger charge is 2.33. The second-order valence-electron chi connectivity index (χ2n) is 9.12. The second kappa shape index (κ2) is 11.9. The highest BCUT2D eigenvalue weighted by molar-refractivity contribution is 7.92. The van der Waals surface area contributed by atoms with Gasteiger partial charge in [-0.05, 0) is 49.4 Å². The van der Waals surface area contributed by atoms with Gasteiger partial charge in [0.15, 0.2) is 0 Å². The Kier molecular flexibility index (Phi) is 9.19. The Balaban J connectivity index is 1.91. The van der Waals surface area contributed by atoms with Crippen LogP contribution in [0.1, 0.15) is 50.2 Å². The molecule has 1 N–H and O–H groups in total. The number of hydrogen-bond acceptors (Lipinski definition) is 4. The number of carbonyl (C=O) groups is 2. The van der Waals surface area contributed by atoms with Crippen molar-refractivity contribution in [3.8, 4) is 0 Å². The molecule has 1 aliphatic rings. The first-order valence-electron chi connectivity index (χ1n) is 12.0. The summed E-state index contributed by atoms with van der Waals surface area (Å²) in [6.45, 7) is 3.44. The lowest BCUT2D eigenvalue weighted by atomic mass is 10.1. The molecule has 0 spiro atoms. The van der Waals surface area contributed by atoms with E-state index < -0.39 is 28.5 Å². The van der Waals surface area contributed by atoms with Crippen LogP contribution in [0, 0.1) is 6.92 Å². The molecule has 7 nitrogen and oxygen atoms in total. The molecule has 0 radical (unpaired) electrons. The summed E-state index contributed by atoms with van der Waals surface area (Å²) in [6, 6.07) is 13.7. The maximum Gasteiger partial charge on any atom is 0.244 e. The molecule has 1 atom stereocenters. The van der Waals surface area contributed by atoms with Gasteiger partial charge in [-0.15, -0.1) is 0 Å². The van der Waals surface area contributed by atoms with Crippen molar-refractivity contribution in [2.75, 3.05) is 17.1 Å². The molecule has 1 saturated carbocycles. The van der Waals surface area contributed by atoms with Crippen molar-refractivity contribution in [1.29, 1.82) is 0 Å². The topological polar surface area (TPSA) is 86.8 Å². The van der Waals surface area contributed by atoms with Gasteiger partial charge < -0.3 is 10.2 Å². The summed E-state index contributed by atoms with van der Waals surface area (Å²) in [5.41, 5.74) is 1.97. The molecule has 35 heavy (non-hydrogen) atoms. The number of hydrogen-bond donors (Lipinski definition) is 1. The third-order valence-corrected chi connectivity index (χ3v) is 7.95. The predicted octanol–water partition coefficient (Wildman–Crippen LogP) is 4.28. The molecule has 0 heterocycles. The predicted molar refractivity (Wildman–Crippen MR) is 140 cm³/mol. The molecular formula is C26H34ClN3O4S. The fraction of sp³-hybridized carbons (Fsp3) is 0.462. The Labute approximate surface area is 213 Å². The van der Waals surface area contributed by atoms with E-state index in [2.05, 4.69) is 5.32 Å². The van der Waals surface area contributed by atoms with Crippen LogP contribution < -0.4 is 9.62 Å². The van der Waals surface area contributed by atoms with E-state index in [0.29, 0.717) is 17.1 Å². The lowest BCUT2D eigenvalue weighted by molar-refractivity contribution is -0.140. The minimum absolute atomic E-state index is 0.118. The summed E-state index contributed by atoms with van der Waals surface area (Å²) in [5.74, 6) is -0.655. The minimum atomic E-state index is -3.79. The van der Waals surface area contributed by atoms with Crippen molar-refractivity contribution in [3.63, 3.8) is 0 Å². The van der Waals surface area contributed by atoms with E-state index in [4.69, 9.17) is 11.6 Å². The Morgan fingerprint density at radius 3 is 2.34 bits per heavy atom. The molecule has 3 rings (SSSR count). The van der Waals surface area contributed by atoms with Crippen LogP contribution in [0.2, 0.25) is 5.02 Å². The first kappa shape index (κ1) is 27.0. The van der Waals surface area contributed by atoms with E-state index in [9.17, 15) is 18.0 Å². The lowest BCUT2D eigenvalue weighted by Crippen LogP contribution is -2.53. The maximum atomic E-state index is 13.7. The Bertz CT molecular complexity index is 1130. The normalized spacial score (nSPS) is 15.0. The van der Waals surface area contributed by atoms with Gasteiger partial charge in [-0.1, -0.05) is 67.8 Å². The first-order chi connectivity index (χ1) is 16.6. The molecule has 1 aliphatic carbocycles. The maximum absolute atomic E-state index is 13.7. The summed E-state index contributed by atoms with van der Waals surface area (Å²) >= 11 is 6.24. The molecule has 2 aromatic carbocycles. The van der Waals surface area contributed by atoms with Gasteiger partial charge in [-0.25, -0.2) is 8.42 Å². The number of nitrogens with one attached hydrogen (secondary N) is 1. The summed E-state index contributed by atoms with van der Waals surface area (Å²) in [6.07, 6.45) is 5.50. The smallest absolute Gasteiger partial charge is 0.244 e. The van der Waals surface area contributed by atoms with Crippen LogP contribution in [0.25, 0.3) is 0 Å². The van der Waals surface area contributed by atoms with Crippen LogP contribution in [-0.4, -0.2) is 50.0 Å². The number of halogens is 1. The molecule has 2 aromatic rings. The molecule has 1 fully saturated rings. The van der Waals surface area contributed by atoms with Gasteiger partial charge in [0.1, 0.15) is 12.6 Å². The van der Waals surface area contributed by atoms with Gasteiger partial charge in [0, 0.05) is 17.6 Å². The van der Waals surface area contributed by atoms with Crippen LogP contribution in [0.5, 0.6) is 0 Å². The molecule has 190 valence electrons. The third-order valence-electron chi connectivity index (χ3n) is 6.41. The van der Waals surface area contributed by atoms with Crippen LogP contribution >= 0.6 is 11.6 Å². The quantitative estimate of drug-likeness (QED) is 0.507. The van der Waals surface area contributed by atoms with Gasteiger partial charge in [0.25, 0.3) is 0 Å². The number of anilines is 1. The standard InChI is InChI=1S/C26H34ClN3O4S/c1-4-24(26(32)28-21-12-8-9-13-21)29(17-20-10-6-5-7-11-20)25(31)18-30(35(3,33)34)22-15-14-19(2)23(27)16-22/h5-7,10-11,14-16,21,24H,4,8-9,12-13,17-18H2,1-3H3,(H,28,32)/t24-/m1/s1. The summed E-state index contributed by atoms with van der Waals surface area (Å²) in [5, 5.41) is 3.51. The van der Waals surface area contributed by atoms with Crippen molar-refractivity contribution in [2.45, 2.75) is 64.6 Å². The van der Waals surface area contributed by atoms with Crippen molar-refractivity contribution < 1.29 is 18.0 Å². The molecule has 0 bridgehead atoms. The summed E-state index contributed by atoms with van der Waals surface area (Å²) < 4.78 is 26.4. The van der Waals surface area contributed by atoms with E-state index in [1.165, 1.54) is 11.0 Å². The van der Waals surface area contributed by atoms with E-state index in [1.54, 1.807) is 12.1 Å². The zero-order chi connectivity index (χ0) is 25.6. The number of amides is 2. The van der Waals surface area contributed by atoms with Gasteiger partial charge in [-0.2, -0.15) is 0 Å². The largest absolute Gasteiger partial charge is 0.352 e. The number of carbonyl (C=O) groups excluding carboxylic acids is 2. The molecule has 0 aliphatic heterocycles. The van der Waals surface area contributed by atoms with Gasteiger partial charge in [-0.3, -0.25) is 13.9 Å². The van der Waals surface area contributed by atoms with E-state index in [1.807, 2.05) is 44.2 Å². The lowest BCUT2D eigenvalue weighted by Gasteiger charge is -2.33. The number of sulfonamides is 1. The number of nitrogens with zero attached hydrogens (tertiary/aromatic N) is 2. The number of aryl methyl sites for hydroxylation is 1. The second-order valence-corrected chi connectivity index (χ2v) is 11.4. The highest BCUT2D eigenvalue weighted by atomic mass is 35.5. The Hall–Kier alpha value is -2.58. The fourth-order valence-corrected chi connectivity index (χ4v) is 5.43. The Morgan fingerprint density at radius 1 is 1.11 bits per heavy atom.